The van der Waals surface area contributed by atoms with E-state index in [1.54, 1.807) is 12.1 Å². The molecule has 4 nitrogen and oxygen atoms in total. The van der Waals surface area contributed by atoms with E-state index in [1.807, 2.05) is 12.1 Å². The summed E-state index contributed by atoms with van der Waals surface area (Å²) in [6.07, 6.45) is 1.56. The number of rotatable bonds is 4. The lowest BCUT2D eigenvalue weighted by molar-refractivity contribution is 0.376. The van der Waals surface area contributed by atoms with Gasteiger partial charge < -0.3 is 10.3 Å². The lowest BCUT2D eigenvalue weighted by Gasteiger charge is -1.93. The molecule has 0 aliphatic heterocycles. The van der Waals surface area contributed by atoms with Crippen molar-refractivity contribution in [2.45, 2.75) is 12.8 Å². The first kappa shape index (κ1) is 11.1. The van der Waals surface area contributed by atoms with Crippen LogP contribution in [0.2, 0.25) is 5.02 Å². The molecule has 0 aliphatic rings. The van der Waals surface area contributed by atoms with Crippen LogP contribution in [-0.4, -0.2) is 16.7 Å². The number of nitrogens with zero attached hydrogens (tertiary/aromatic N) is 2. The van der Waals surface area contributed by atoms with E-state index in [2.05, 4.69) is 10.1 Å². The van der Waals surface area contributed by atoms with Crippen molar-refractivity contribution < 1.29 is 4.52 Å². The Balaban J connectivity index is 2.18. The first-order chi connectivity index (χ1) is 7.79. The normalized spacial score (nSPS) is 10.6. The molecule has 0 atom stereocenters. The van der Waals surface area contributed by atoms with E-state index in [1.165, 1.54) is 0 Å². The van der Waals surface area contributed by atoms with Crippen LogP contribution in [0.25, 0.3) is 11.4 Å². The topological polar surface area (TPSA) is 64.9 Å². The third-order valence-corrected chi connectivity index (χ3v) is 2.38. The SMILES string of the molecule is NCCCc1nc(-c2cccc(Cl)c2)no1. The summed E-state index contributed by atoms with van der Waals surface area (Å²) in [5.74, 6) is 1.18. The number of benzene rings is 1. The Morgan fingerprint density at radius 1 is 1.38 bits per heavy atom. The van der Waals surface area contributed by atoms with Gasteiger partial charge >= 0.3 is 0 Å². The minimum atomic E-state index is 0.564. The number of aromatic nitrogens is 2. The molecule has 0 saturated heterocycles. The number of aryl methyl sites for hydroxylation is 1. The first-order valence-corrected chi connectivity index (χ1v) is 5.46. The second kappa shape index (κ2) is 5.09. The lowest BCUT2D eigenvalue weighted by atomic mass is 10.2. The van der Waals surface area contributed by atoms with Gasteiger partial charge in [0.25, 0.3) is 0 Å². The van der Waals surface area contributed by atoms with Crippen molar-refractivity contribution in [1.29, 1.82) is 0 Å². The smallest absolute Gasteiger partial charge is 0.227 e. The number of nitrogens with two attached hydrogens (primary N) is 1. The summed E-state index contributed by atoms with van der Waals surface area (Å²) >= 11 is 5.88. The van der Waals surface area contributed by atoms with E-state index >= 15 is 0 Å². The zero-order chi connectivity index (χ0) is 11.4. The Morgan fingerprint density at radius 3 is 3.00 bits per heavy atom. The van der Waals surface area contributed by atoms with Crippen LogP contribution in [0.5, 0.6) is 0 Å². The summed E-state index contributed by atoms with van der Waals surface area (Å²) in [5.41, 5.74) is 6.26. The summed E-state index contributed by atoms with van der Waals surface area (Å²) in [5, 5.41) is 4.55. The highest BCUT2D eigenvalue weighted by Crippen LogP contribution is 2.20. The molecule has 0 amide bonds. The van der Waals surface area contributed by atoms with Gasteiger partial charge in [0.15, 0.2) is 0 Å². The van der Waals surface area contributed by atoms with E-state index in [0.29, 0.717) is 29.7 Å². The van der Waals surface area contributed by atoms with E-state index in [0.717, 1.165) is 12.0 Å². The minimum absolute atomic E-state index is 0.564. The van der Waals surface area contributed by atoms with Gasteiger partial charge in [0.1, 0.15) is 0 Å². The van der Waals surface area contributed by atoms with Gasteiger partial charge in [-0.1, -0.05) is 28.9 Å². The highest BCUT2D eigenvalue weighted by molar-refractivity contribution is 6.30. The molecule has 1 aromatic carbocycles. The van der Waals surface area contributed by atoms with Crippen LogP contribution in [-0.2, 0) is 6.42 Å². The largest absolute Gasteiger partial charge is 0.339 e. The van der Waals surface area contributed by atoms with Crippen LogP contribution in [0.3, 0.4) is 0 Å². The van der Waals surface area contributed by atoms with Crippen LogP contribution in [0.4, 0.5) is 0 Å². The van der Waals surface area contributed by atoms with Crippen LogP contribution in [0.1, 0.15) is 12.3 Å². The standard InChI is InChI=1S/C11H12ClN3O/c12-9-4-1-3-8(7-9)11-14-10(16-15-11)5-2-6-13/h1,3-4,7H,2,5-6,13H2. The average molecular weight is 238 g/mol. The summed E-state index contributed by atoms with van der Waals surface area (Å²) in [6, 6.07) is 7.36. The van der Waals surface area contributed by atoms with E-state index in [-0.39, 0.29) is 0 Å². The molecule has 16 heavy (non-hydrogen) atoms. The third kappa shape index (κ3) is 2.59. The van der Waals surface area contributed by atoms with Crippen molar-refractivity contribution >= 4 is 11.6 Å². The molecule has 1 aromatic heterocycles. The predicted octanol–water partition coefficient (Wildman–Crippen LogP) is 2.28. The van der Waals surface area contributed by atoms with Crippen molar-refractivity contribution in [1.82, 2.24) is 10.1 Å². The zero-order valence-electron chi connectivity index (χ0n) is 8.69. The summed E-state index contributed by atoms with van der Waals surface area (Å²) in [7, 11) is 0. The molecular formula is C11H12ClN3O. The molecule has 0 saturated carbocycles. The summed E-state index contributed by atoms with van der Waals surface area (Å²) in [4.78, 5) is 4.27. The molecule has 84 valence electrons. The fraction of sp³-hybridized carbons (Fsp3) is 0.273. The van der Waals surface area contributed by atoms with Crippen LogP contribution < -0.4 is 5.73 Å². The molecule has 2 rings (SSSR count). The van der Waals surface area contributed by atoms with Crippen molar-refractivity contribution in [2.24, 2.45) is 5.73 Å². The van der Waals surface area contributed by atoms with Crippen molar-refractivity contribution in [3.05, 3.63) is 35.2 Å². The molecular weight excluding hydrogens is 226 g/mol. The molecule has 0 unspecified atom stereocenters. The van der Waals surface area contributed by atoms with Gasteiger partial charge in [-0.15, -0.1) is 0 Å². The minimum Gasteiger partial charge on any atom is -0.339 e. The highest BCUT2D eigenvalue weighted by Gasteiger charge is 2.08. The third-order valence-electron chi connectivity index (χ3n) is 2.15. The van der Waals surface area contributed by atoms with Gasteiger partial charge in [-0.25, -0.2) is 0 Å². The Bertz CT molecular complexity index is 470. The van der Waals surface area contributed by atoms with Crippen molar-refractivity contribution in [2.75, 3.05) is 6.54 Å². The average Bonchev–Trinajstić information content (AvgIpc) is 2.75. The number of hydrogen-bond donors (Lipinski definition) is 1. The zero-order valence-corrected chi connectivity index (χ0v) is 9.44. The van der Waals surface area contributed by atoms with Gasteiger partial charge in [-0.05, 0) is 25.1 Å². The molecule has 0 aliphatic carbocycles. The maximum absolute atomic E-state index is 5.88. The van der Waals surface area contributed by atoms with Crippen molar-refractivity contribution in [3.63, 3.8) is 0 Å². The molecule has 0 fully saturated rings. The van der Waals surface area contributed by atoms with Gasteiger partial charge in [0, 0.05) is 17.0 Å². The van der Waals surface area contributed by atoms with Gasteiger partial charge in [-0.3, -0.25) is 0 Å². The lowest BCUT2D eigenvalue weighted by Crippen LogP contribution is -2.00. The van der Waals surface area contributed by atoms with Crippen LogP contribution >= 0.6 is 11.6 Å². The maximum atomic E-state index is 5.88. The summed E-state index contributed by atoms with van der Waals surface area (Å²) in [6.45, 7) is 0.620. The van der Waals surface area contributed by atoms with Crippen molar-refractivity contribution in [3.8, 4) is 11.4 Å². The maximum Gasteiger partial charge on any atom is 0.227 e. The van der Waals surface area contributed by atoms with Gasteiger partial charge in [0.2, 0.25) is 11.7 Å². The fourth-order valence-corrected chi connectivity index (χ4v) is 1.54. The molecule has 0 radical (unpaired) electrons. The predicted molar refractivity (Wildman–Crippen MR) is 62.1 cm³/mol. The molecule has 2 aromatic rings. The number of halogens is 1. The van der Waals surface area contributed by atoms with E-state index in [4.69, 9.17) is 21.9 Å². The van der Waals surface area contributed by atoms with E-state index in [9.17, 15) is 0 Å². The molecule has 1 heterocycles. The quantitative estimate of drug-likeness (QED) is 0.886. The Kier molecular flexibility index (Phi) is 3.54. The van der Waals surface area contributed by atoms with Gasteiger partial charge in [0.05, 0.1) is 0 Å². The molecule has 0 bridgehead atoms. The Labute approximate surface area is 98.4 Å². The van der Waals surface area contributed by atoms with Crippen LogP contribution in [0, 0.1) is 0 Å². The molecule has 5 heteroatoms. The Morgan fingerprint density at radius 2 is 2.25 bits per heavy atom. The van der Waals surface area contributed by atoms with Gasteiger partial charge in [-0.2, -0.15) is 4.98 Å². The highest BCUT2D eigenvalue weighted by atomic mass is 35.5. The first-order valence-electron chi connectivity index (χ1n) is 5.08. The molecule has 2 N–H and O–H groups in total. The Hall–Kier alpha value is -1.39. The van der Waals surface area contributed by atoms with Crippen LogP contribution in [0.15, 0.2) is 28.8 Å². The number of hydrogen-bond acceptors (Lipinski definition) is 4. The second-order valence-corrected chi connectivity index (χ2v) is 3.85. The monoisotopic (exact) mass is 237 g/mol. The molecule has 0 spiro atoms. The fourth-order valence-electron chi connectivity index (χ4n) is 1.35. The second-order valence-electron chi connectivity index (χ2n) is 3.41. The summed E-state index contributed by atoms with van der Waals surface area (Å²) < 4.78 is 5.10. The van der Waals surface area contributed by atoms with E-state index < -0.39 is 0 Å².